The summed E-state index contributed by atoms with van der Waals surface area (Å²) >= 11 is 0. The molecule has 200 valence electrons. The van der Waals surface area contributed by atoms with Crippen molar-refractivity contribution in [1.82, 2.24) is 10.3 Å². The standard InChI is InChI=1S/C31H33N5O3/c1-23-6-2-3-8-27(23)35-17-19-36(20-18-35)28-11-10-25(22-26(28)34-31(38)29-9-5-21-39-29)30(37)33-14-4-7-24-12-15-32-16-13-24/h2-3,5-6,8-13,15-16,21-22H,4,7,14,17-20H2,1H3,(H,33,37)(H,34,38). The highest BCUT2D eigenvalue weighted by Gasteiger charge is 2.23. The van der Waals surface area contributed by atoms with Crippen molar-refractivity contribution in [2.75, 3.05) is 47.8 Å². The summed E-state index contributed by atoms with van der Waals surface area (Å²) in [5, 5.41) is 5.97. The lowest BCUT2D eigenvalue weighted by atomic mass is 10.1. The summed E-state index contributed by atoms with van der Waals surface area (Å²) in [6.45, 7) is 5.98. The average molecular weight is 524 g/mol. The normalized spacial score (nSPS) is 13.3. The van der Waals surface area contributed by atoms with Crippen molar-refractivity contribution in [3.05, 3.63) is 108 Å². The Hall–Kier alpha value is -4.59. The molecule has 2 aromatic carbocycles. The van der Waals surface area contributed by atoms with E-state index in [9.17, 15) is 9.59 Å². The zero-order valence-corrected chi connectivity index (χ0v) is 22.1. The average Bonchev–Trinajstić information content (AvgIpc) is 3.52. The van der Waals surface area contributed by atoms with Crippen molar-refractivity contribution >= 4 is 28.9 Å². The molecule has 39 heavy (non-hydrogen) atoms. The SMILES string of the molecule is Cc1ccccc1N1CCN(c2ccc(C(=O)NCCCc3ccncc3)cc2NC(=O)c2ccco2)CC1. The molecule has 0 saturated carbocycles. The fourth-order valence-electron chi connectivity index (χ4n) is 4.90. The van der Waals surface area contributed by atoms with E-state index in [0.29, 0.717) is 17.8 Å². The molecule has 1 saturated heterocycles. The number of benzene rings is 2. The fourth-order valence-corrected chi connectivity index (χ4v) is 4.90. The third kappa shape index (κ3) is 6.46. The molecule has 3 heterocycles. The molecule has 0 aliphatic carbocycles. The number of piperazine rings is 1. The predicted octanol–water partition coefficient (Wildman–Crippen LogP) is 4.92. The van der Waals surface area contributed by atoms with Gasteiger partial charge in [-0.1, -0.05) is 18.2 Å². The molecular formula is C31H33N5O3. The molecule has 2 N–H and O–H groups in total. The fraction of sp³-hybridized carbons (Fsp3) is 0.258. The van der Waals surface area contributed by atoms with Crippen LogP contribution in [-0.2, 0) is 6.42 Å². The van der Waals surface area contributed by atoms with Gasteiger partial charge in [-0.25, -0.2) is 0 Å². The number of nitrogens with zero attached hydrogens (tertiary/aromatic N) is 3. The molecule has 0 bridgehead atoms. The van der Waals surface area contributed by atoms with E-state index in [1.165, 1.54) is 23.1 Å². The van der Waals surface area contributed by atoms with E-state index in [-0.39, 0.29) is 17.6 Å². The van der Waals surface area contributed by atoms with E-state index in [1.54, 1.807) is 30.6 Å². The van der Waals surface area contributed by atoms with Crippen molar-refractivity contribution in [2.45, 2.75) is 19.8 Å². The number of carbonyl (C=O) groups excluding carboxylic acids is 2. The number of hydrogen-bond donors (Lipinski definition) is 2. The number of furan rings is 1. The molecule has 0 atom stereocenters. The van der Waals surface area contributed by atoms with E-state index in [4.69, 9.17) is 4.42 Å². The Morgan fingerprint density at radius 1 is 0.872 bits per heavy atom. The largest absolute Gasteiger partial charge is 0.459 e. The molecule has 2 amide bonds. The van der Waals surface area contributed by atoms with Crippen molar-refractivity contribution in [3.8, 4) is 0 Å². The lowest BCUT2D eigenvalue weighted by molar-refractivity contribution is 0.0951. The second-order valence-electron chi connectivity index (χ2n) is 9.64. The van der Waals surface area contributed by atoms with E-state index in [0.717, 1.165) is 44.7 Å². The van der Waals surface area contributed by atoms with Gasteiger partial charge in [0.1, 0.15) is 0 Å². The van der Waals surface area contributed by atoms with Crippen LogP contribution < -0.4 is 20.4 Å². The first kappa shape index (κ1) is 26.0. The van der Waals surface area contributed by atoms with Crippen molar-refractivity contribution < 1.29 is 14.0 Å². The number of aromatic nitrogens is 1. The van der Waals surface area contributed by atoms with Crippen LogP contribution in [0.25, 0.3) is 0 Å². The minimum atomic E-state index is -0.352. The quantitative estimate of drug-likeness (QED) is 0.303. The zero-order chi connectivity index (χ0) is 27.0. The topological polar surface area (TPSA) is 90.7 Å². The highest BCUT2D eigenvalue weighted by molar-refractivity contribution is 6.05. The summed E-state index contributed by atoms with van der Waals surface area (Å²) in [5.74, 6) is -0.305. The molecule has 8 nitrogen and oxygen atoms in total. The minimum Gasteiger partial charge on any atom is -0.459 e. The summed E-state index contributed by atoms with van der Waals surface area (Å²) in [4.78, 5) is 34.5. The number of pyridine rings is 1. The molecule has 1 aliphatic rings. The predicted molar refractivity (Wildman–Crippen MR) is 154 cm³/mol. The van der Waals surface area contributed by atoms with E-state index in [2.05, 4.69) is 56.6 Å². The van der Waals surface area contributed by atoms with Crippen LogP contribution in [0.1, 0.15) is 38.5 Å². The van der Waals surface area contributed by atoms with Gasteiger partial charge in [-0.05, 0) is 79.4 Å². The van der Waals surface area contributed by atoms with Crippen LogP contribution in [0.4, 0.5) is 17.1 Å². The molecule has 4 aromatic rings. The Labute approximate surface area is 228 Å². The van der Waals surface area contributed by atoms with Crippen molar-refractivity contribution in [1.29, 1.82) is 0 Å². The number of para-hydroxylation sites is 1. The Bertz CT molecular complexity index is 1400. The van der Waals surface area contributed by atoms with Gasteiger partial charge in [0, 0.05) is 56.4 Å². The second kappa shape index (κ2) is 12.3. The number of nitrogens with one attached hydrogen (secondary N) is 2. The molecule has 8 heteroatoms. The molecular weight excluding hydrogens is 490 g/mol. The van der Waals surface area contributed by atoms with Gasteiger partial charge in [0.2, 0.25) is 0 Å². The second-order valence-corrected chi connectivity index (χ2v) is 9.64. The van der Waals surface area contributed by atoms with Crippen LogP contribution in [-0.4, -0.2) is 49.5 Å². The van der Waals surface area contributed by atoms with Crippen LogP contribution in [0.15, 0.2) is 89.8 Å². The molecule has 0 spiro atoms. The maximum Gasteiger partial charge on any atom is 0.291 e. The smallest absolute Gasteiger partial charge is 0.291 e. The van der Waals surface area contributed by atoms with Gasteiger partial charge in [0.25, 0.3) is 11.8 Å². The van der Waals surface area contributed by atoms with Crippen LogP contribution in [0, 0.1) is 6.92 Å². The van der Waals surface area contributed by atoms with Crippen LogP contribution in [0.5, 0.6) is 0 Å². The van der Waals surface area contributed by atoms with E-state index >= 15 is 0 Å². The zero-order valence-electron chi connectivity index (χ0n) is 22.1. The molecule has 1 fully saturated rings. The van der Waals surface area contributed by atoms with Gasteiger partial charge in [-0.3, -0.25) is 14.6 Å². The van der Waals surface area contributed by atoms with E-state index < -0.39 is 0 Å². The summed E-state index contributed by atoms with van der Waals surface area (Å²) in [5.41, 5.74) is 5.66. The van der Waals surface area contributed by atoms with Gasteiger partial charge >= 0.3 is 0 Å². The number of rotatable bonds is 9. The first-order valence-corrected chi connectivity index (χ1v) is 13.3. The van der Waals surface area contributed by atoms with Crippen LogP contribution in [0.2, 0.25) is 0 Å². The van der Waals surface area contributed by atoms with E-state index in [1.807, 2.05) is 24.3 Å². The number of aryl methyl sites for hydroxylation is 2. The number of amides is 2. The van der Waals surface area contributed by atoms with Gasteiger partial charge in [-0.2, -0.15) is 0 Å². The highest BCUT2D eigenvalue weighted by atomic mass is 16.3. The Morgan fingerprint density at radius 2 is 1.62 bits per heavy atom. The third-order valence-electron chi connectivity index (χ3n) is 7.01. The molecule has 0 unspecified atom stereocenters. The minimum absolute atomic E-state index is 0.172. The lowest BCUT2D eigenvalue weighted by Gasteiger charge is -2.38. The summed E-state index contributed by atoms with van der Waals surface area (Å²) in [7, 11) is 0. The van der Waals surface area contributed by atoms with Gasteiger partial charge in [-0.15, -0.1) is 0 Å². The number of anilines is 3. The summed E-state index contributed by atoms with van der Waals surface area (Å²) < 4.78 is 5.29. The molecule has 2 aromatic heterocycles. The van der Waals surface area contributed by atoms with Crippen LogP contribution in [0.3, 0.4) is 0 Å². The molecule has 0 radical (unpaired) electrons. The maximum absolute atomic E-state index is 13.0. The van der Waals surface area contributed by atoms with Gasteiger partial charge in [0.15, 0.2) is 5.76 Å². The summed E-state index contributed by atoms with van der Waals surface area (Å²) in [6, 6.07) is 21.2. The lowest BCUT2D eigenvalue weighted by Crippen LogP contribution is -2.47. The molecule has 1 aliphatic heterocycles. The maximum atomic E-state index is 13.0. The van der Waals surface area contributed by atoms with Crippen molar-refractivity contribution in [3.63, 3.8) is 0 Å². The van der Waals surface area contributed by atoms with Crippen molar-refractivity contribution in [2.24, 2.45) is 0 Å². The van der Waals surface area contributed by atoms with Gasteiger partial charge in [0.05, 0.1) is 17.6 Å². The monoisotopic (exact) mass is 523 g/mol. The molecule has 5 rings (SSSR count). The number of hydrogen-bond acceptors (Lipinski definition) is 6. The van der Waals surface area contributed by atoms with Gasteiger partial charge < -0.3 is 24.9 Å². The highest BCUT2D eigenvalue weighted by Crippen LogP contribution is 2.30. The number of carbonyl (C=O) groups is 2. The Balaban J connectivity index is 1.28. The van der Waals surface area contributed by atoms with Crippen LogP contribution >= 0.6 is 0 Å². The first-order valence-electron chi connectivity index (χ1n) is 13.3. The first-order chi connectivity index (χ1) is 19.1. The Morgan fingerprint density at radius 3 is 2.33 bits per heavy atom. The summed E-state index contributed by atoms with van der Waals surface area (Å²) in [6.07, 6.45) is 6.70. The Kier molecular flexibility index (Phi) is 8.21. The third-order valence-corrected chi connectivity index (χ3v) is 7.01.